The minimum Gasteiger partial charge on any atom is -0.390 e. The first-order valence-corrected chi connectivity index (χ1v) is 17.5. The fourth-order valence-corrected chi connectivity index (χ4v) is 7.99. The van der Waals surface area contributed by atoms with Gasteiger partial charge in [0.25, 0.3) is 5.91 Å². The van der Waals surface area contributed by atoms with Crippen LogP contribution in [0.4, 0.5) is 32.0 Å². The van der Waals surface area contributed by atoms with Crippen molar-refractivity contribution in [2.75, 3.05) is 23.1 Å². The van der Waals surface area contributed by atoms with Gasteiger partial charge in [-0.15, -0.1) is 10.8 Å². The lowest BCUT2D eigenvalue weighted by Crippen LogP contribution is -2.48. The summed E-state index contributed by atoms with van der Waals surface area (Å²) in [6.45, 7) is -0.225. The zero-order valence-corrected chi connectivity index (χ0v) is 26.8. The lowest BCUT2D eigenvalue weighted by Gasteiger charge is -2.38. The highest BCUT2D eigenvalue weighted by Crippen LogP contribution is 2.51. The minimum atomic E-state index is -4.98. The summed E-state index contributed by atoms with van der Waals surface area (Å²) in [5, 5.41) is 16.9. The van der Waals surface area contributed by atoms with Crippen LogP contribution in [0, 0.1) is 0 Å². The number of alkyl halides is 6. The molecular weight excluding hydrogens is 660 g/mol. The molecule has 0 aromatic heterocycles. The molecule has 3 aromatic rings. The quantitative estimate of drug-likeness (QED) is 0.131. The van der Waals surface area contributed by atoms with E-state index in [2.05, 4.69) is 10.6 Å². The van der Waals surface area contributed by atoms with Gasteiger partial charge in [0.05, 0.1) is 34.7 Å². The van der Waals surface area contributed by atoms with Crippen LogP contribution in [0.2, 0.25) is 0 Å². The van der Waals surface area contributed by atoms with Crippen LogP contribution in [-0.4, -0.2) is 51.1 Å². The van der Waals surface area contributed by atoms with Gasteiger partial charge in [-0.1, -0.05) is 43.2 Å². The van der Waals surface area contributed by atoms with Crippen molar-refractivity contribution >= 4 is 22.4 Å². The van der Waals surface area contributed by atoms with E-state index in [9.17, 15) is 45.3 Å². The van der Waals surface area contributed by atoms with Crippen molar-refractivity contribution in [3.8, 4) is 0 Å². The molecule has 5 rings (SSSR count). The maximum Gasteiger partial charge on any atom is 0.416 e. The van der Waals surface area contributed by atoms with E-state index in [0.29, 0.717) is 30.8 Å². The average molecular weight is 700 g/mol. The average Bonchev–Trinajstić information content (AvgIpc) is 3.69. The maximum absolute atomic E-state index is 13.8. The molecule has 48 heavy (non-hydrogen) atoms. The first-order chi connectivity index (χ1) is 22.6. The van der Waals surface area contributed by atoms with Crippen LogP contribution in [0.25, 0.3) is 0 Å². The molecule has 0 radical (unpaired) electrons. The molecule has 1 aliphatic carbocycles. The topological polar surface area (TPSA) is 105 Å². The van der Waals surface area contributed by atoms with Crippen molar-refractivity contribution in [2.45, 2.75) is 75.5 Å². The van der Waals surface area contributed by atoms with Crippen LogP contribution in [-0.2, 0) is 25.3 Å². The highest BCUT2D eigenvalue weighted by Gasteiger charge is 2.37. The SMILES string of the molecule is O=C(N[C@@H](Cc1ccccc1)[C@H](O)CNCc1cc(C(F)(F)F)cc(C(F)(F)F)c1)c1cc(C2CCCC2)cc(N2CCCS2(O)O)c1. The summed E-state index contributed by atoms with van der Waals surface area (Å²) in [5.41, 5.74) is -0.630. The highest BCUT2D eigenvalue weighted by molar-refractivity contribution is 8.25. The highest BCUT2D eigenvalue weighted by atomic mass is 32.3. The second kappa shape index (κ2) is 14.7. The first-order valence-electron chi connectivity index (χ1n) is 15.8. The monoisotopic (exact) mass is 699 g/mol. The van der Waals surface area contributed by atoms with Gasteiger partial charge in [0.2, 0.25) is 0 Å². The molecule has 1 aliphatic heterocycles. The molecule has 2 atom stereocenters. The maximum atomic E-state index is 13.8. The lowest BCUT2D eigenvalue weighted by molar-refractivity contribution is -0.143. The van der Waals surface area contributed by atoms with Crippen LogP contribution >= 0.6 is 10.8 Å². The van der Waals surface area contributed by atoms with Gasteiger partial charge in [-0.2, -0.15) is 26.3 Å². The van der Waals surface area contributed by atoms with Crippen molar-refractivity contribution in [3.05, 3.63) is 100 Å². The van der Waals surface area contributed by atoms with Gasteiger partial charge in [0, 0.05) is 25.2 Å². The Kier molecular flexibility index (Phi) is 11.0. The smallest absolute Gasteiger partial charge is 0.390 e. The van der Waals surface area contributed by atoms with Crippen LogP contribution in [0.1, 0.15) is 76.2 Å². The molecule has 1 heterocycles. The fraction of sp³-hybridized carbons (Fsp3) is 0.441. The number of anilines is 1. The van der Waals surface area contributed by atoms with Gasteiger partial charge in [0.1, 0.15) is 0 Å². The molecule has 14 heteroatoms. The van der Waals surface area contributed by atoms with E-state index in [1.54, 1.807) is 46.8 Å². The molecule has 0 bridgehead atoms. The number of halogens is 6. The molecule has 2 fully saturated rings. The van der Waals surface area contributed by atoms with Crippen LogP contribution in [0.5, 0.6) is 0 Å². The number of hydrogen-bond donors (Lipinski definition) is 5. The number of carbonyl (C=O) groups excluding carboxylic acids is 1. The number of benzene rings is 3. The normalized spacial score (nSPS) is 18.9. The molecular formula is C34H39F6N3O4S. The third kappa shape index (κ3) is 9.03. The van der Waals surface area contributed by atoms with E-state index in [4.69, 9.17) is 0 Å². The van der Waals surface area contributed by atoms with Crippen molar-refractivity contribution < 1.29 is 45.3 Å². The van der Waals surface area contributed by atoms with E-state index in [0.717, 1.165) is 36.8 Å². The number of nitrogens with zero attached hydrogens (tertiary/aromatic N) is 1. The molecule has 262 valence electrons. The summed E-state index contributed by atoms with van der Waals surface area (Å²) in [6, 6.07) is 14.7. The number of carbonyl (C=O) groups is 1. The standard InChI is InChI=1S/C34H39F6N3O4S/c35-33(36,37)27-13-23(14-28(19-27)34(38,39)40)20-41-21-31(44)30(15-22-7-2-1-3-8-22)42-32(45)26-16-25(24-9-4-5-10-24)17-29(18-26)43-11-6-12-48(43,46)47/h1-3,7-8,13-14,16-19,24,30-31,41,44,46-47H,4-6,9-12,15,20-21H2,(H,42,45)/t30-,31+/m0/s1. The largest absolute Gasteiger partial charge is 0.416 e. The van der Waals surface area contributed by atoms with Crippen LogP contribution in [0.15, 0.2) is 66.7 Å². The van der Waals surface area contributed by atoms with E-state index in [1.165, 1.54) is 0 Å². The Morgan fingerprint density at radius 1 is 0.875 bits per heavy atom. The molecule has 0 unspecified atom stereocenters. The third-order valence-corrected chi connectivity index (χ3v) is 10.8. The molecule has 1 amide bonds. The molecule has 2 aliphatic rings. The predicted octanol–water partition coefficient (Wildman–Crippen LogP) is 7.75. The van der Waals surface area contributed by atoms with Gasteiger partial charge in [-0.05, 0) is 84.7 Å². The Balaban J connectivity index is 1.36. The second-order valence-corrected chi connectivity index (χ2v) is 14.6. The summed E-state index contributed by atoms with van der Waals surface area (Å²) in [6.07, 6.45) is -6.51. The Morgan fingerprint density at radius 2 is 1.52 bits per heavy atom. The molecule has 3 aromatic carbocycles. The Bertz CT molecular complexity index is 1530. The summed E-state index contributed by atoms with van der Waals surface area (Å²) < 4.78 is 103. The fourth-order valence-electron chi connectivity index (χ4n) is 6.39. The zero-order valence-electron chi connectivity index (χ0n) is 26.0. The zero-order chi connectivity index (χ0) is 34.7. The van der Waals surface area contributed by atoms with E-state index < -0.39 is 58.9 Å². The van der Waals surface area contributed by atoms with Crippen molar-refractivity contribution in [1.29, 1.82) is 0 Å². The molecule has 1 saturated heterocycles. The van der Waals surface area contributed by atoms with Crippen LogP contribution in [0.3, 0.4) is 0 Å². The van der Waals surface area contributed by atoms with Crippen molar-refractivity contribution in [2.24, 2.45) is 0 Å². The predicted molar refractivity (Wildman–Crippen MR) is 173 cm³/mol. The number of hydrogen-bond acceptors (Lipinski definition) is 6. The number of aliphatic hydroxyl groups excluding tert-OH is 1. The van der Waals surface area contributed by atoms with Gasteiger partial charge in [-0.3, -0.25) is 18.2 Å². The molecule has 7 nitrogen and oxygen atoms in total. The number of amides is 1. The Labute approximate surface area is 276 Å². The second-order valence-electron chi connectivity index (χ2n) is 12.5. The van der Waals surface area contributed by atoms with Gasteiger partial charge >= 0.3 is 12.4 Å². The van der Waals surface area contributed by atoms with E-state index >= 15 is 0 Å². The summed E-state index contributed by atoms with van der Waals surface area (Å²) in [4.78, 5) is 13.8. The first kappa shape index (κ1) is 36.0. The summed E-state index contributed by atoms with van der Waals surface area (Å²) in [7, 11) is -3.03. The Morgan fingerprint density at radius 3 is 2.10 bits per heavy atom. The van der Waals surface area contributed by atoms with Gasteiger partial charge in [0.15, 0.2) is 0 Å². The van der Waals surface area contributed by atoms with E-state index in [-0.39, 0.29) is 41.8 Å². The molecule has 5 N–H and O–H groups in total. The van der Waals surface area contributed by atoms with Gasteiger partial charge < -0.3 is 15.7 Å². The molecule has 0 spiro atoms. The lowest BCUT2D eigenvalue weighted by atomic mass is 9.94. The van der Waals surface area contributed by atoms with Crippen molar-refractivity contribution in [1.82, 2.24) is 10.6 Å². The summed E-state index contributed by atoms with van der Waals surface area (Å²) in [5.74, 6) is -0.0672. The van der Waals surface area contributed by atoms with E-state index in [1.807, 2.05) is 6.07 Å². The number of aliphatic hydroxyl groups is 1. The minimum absolute atomic E-state index is 0.0585. The number of rotatable bonds is 11. The summed E-state index contributed by atoms with van der Waals surface area (Å²) >= 11 is 0. The van der Waals surface area contributed by atoms with Gasteiger partial charge in [-0.25, -0.2) is 0 Å². The molecule has 1 saturated carbocycles. The van der Waals surface area contributed by atoms with Crippen LogP contribution < -0.4 is 14.9 Å². The van der Waals surface area contributed by atoms with Crippen molar-refractivity contribution in [3.63, 3.8) is 0 Å². The third-order valence-electron chi connectivity index (χ3n) is 8.86. The number of nitrogens with one attached hydrogen (secondary N) is 2. The Hall–Kier alpha value is -3.30.